The maximum atomic E-state index is 4.15. The lowest BCUT2D eigenvalue weighted by atomic mass is 10.2. The van der Waals surface area contributed by atoms with Crippen molar-refractivity contribution in [1.82, 2.24) is 10.6 Å². The van der Waals surface area contributed by atoms with E-state index < -0.39 is 0 Å². The van der Waals surface area contributed by atoms with Gasteiger partial charge >= 0.3 is 0 Å². The lowest BCUT2D eigenvalue weighted by molar-refractivity contribution is 0.490. The van der Waals surface area contributed by atoms with E-state index in [-0.39, 0.29) is 0 Å². The number of aliphatic imine (C=N–C) groups is 2. The van der Waals surface area contributed by atoms with Gasteiger partial charge in [-0.2, -0.15) is 0 Å². The SMILES string of the molecule is C1=NCC2N=CNC2N1. The van der Waals surface area contributed by atoms with Crippen LogP contribution >= 0.6 is 0 Å². The summed E-state index contributed by atoms with van der Waals surface area (Å²) in [7, 11) is 0. The van der Waals surface area contributed by atoms with Crippen LogP contribution in [0.25, 0.3) is 0 Å². The minimum atomic E-state index is 0.294. The standard InChI is InChI=1S/C5H8N4/c1-4-5(8-2-6-1)9-3-7-4/h2-5H,1H2,(H,6,8)(H,7,9). The molecule has 0 bridgehead atoms. The number of hydrogen-bond acceptors (Lipinski definition) is 4. The minimum absolute atomic E-state index is 0.294. The van der Waals surface area contributed by atoms with Gasteiger partial charge in [-0.1, -0.05) is 0 Å². The Hall–Kier alpha value is -1.06. The highest BCUT2D eigenvalue weighted by molar-refractivity contribution is 5.63. The topological polar surface area (TPSA) is 48.8 Å². The van der Waals surface area contributed by atoms with Gasteiger partial charge in [0, 0.05) is 0 Å². The summed E-state index contributed by atoms with van der Waals surface area (Å²) in [5.41, 5.74) is 0. The molecular weight excluding hydrogens is 116 g/mol. The molecular formula is C5H8N4. The Morgan fingerprint density at radius 3 is 3.11 bits per heavy atom. The van der Waals surface area contributed by atoms with Crippen LogP contribution in [0.5, 0.6) is 0 Å². The van der Waals surface area contributed by atoms with Gasteiger partial charge in [0.25, 0.3) is 0 Å². The molecule has 0 spiro atoms. The van der Waals surface area contributed by atoms with Gasteiger partial charge in [0.05, 0.1) is 19.2 Å². The molecule has 2 rings (SSSR count). The van der Waals surface area contributed by atoms with E-state index in [2.05, 4.69) is 20.6 Å². The lowest BCUT2D eigenvalue weighted by Crippen LogP contribution is -2.48. The average Bonchev–Trinajstić information content (AvgIpc) is 2.33. The fourth-order valence-electron chi connectivity index (χ4n) is 1.02. The third kappa shape index (κ3) is 0.667. The van der Waals surface area contributed by atoms with Crippen LogP contribution in [0.2, 0.25) is 0 Å². The molecule has 0 aromatic carbocycles. The summed E-state index contributed by atoms with van der Waals surface area (Å²) in [5.74, 6) is 0. The fraction of sp³-hybridized carbons (Fsp3) is 0.600. The van der Waals surface area contributed by atoms with E-state index in [1.807, 2.05) is 0 Å². The number of rotatable bonds is 0. The first-order valence-electron chi connectivity index (χ1n) is 2.99. The van der Waals surface area contributed by atoms with Crippen LogP contribution in [0.4, 0.5) is 0 Å². The Kier molecular flexibility index (Phi) is 0.913. The van der Waals surface area contributed by atoms with Gasteiger partial charge in [-0.3, -0.25) is 9.98 Å². The number of nitrogens with zero attached hydrogens (tertiary/aromatic N) is 2. The molecule has 0 saturated heterocycles. The summed E-state index contributed by atoms with van der Waals surface area (Å²) >= 11 is 0. The Bertz CT molecular complexity index is 162. The molecule has 0 aromatic rings. The first-order chi connectivity index (χ1) is 4.47. The van der Waals surface area contributed by atoms with E-state index in [9.17, 15) is 0 Å². The molecule has 4 heteroatoms. The van der Waals surface area contributed by atoms with Crippen LogP contribution in [0.3, 0.4) is 0 Å². The smallest absolute Gasteiger partial charge is 0.123 e. The van der Waals surface area contributed by atoms with Crippen molar-refractivity contribution in [2.75, 3.05) is 6.54 Å². The summed E-state index contributed by atoms with van der Waals surface area (Å²) < 4.78 is 0. The number of fused-ring (bicyclic) bond motifs is 1. The molecule has 2 heterocycles. The van der Waals surface area contributed by atoms with Crippen LogP contribution in [0.15, 0.2) is 9.98 Å². The Balaban J connectivity index is 2.13. The highest BCUT2D eigenvalue weighted by Gasteiger charge is 2.23. The van der Waals surface area contributed by atoms with Crippen molar-refractivity contribution in [2.45, 2.75) is 12.2 Å². The molecule has 0 fully saturated rings. The third-order valence-corrected chi connectivity index (χ3v) is 1.54. The van der Waals surface area contributed by atoms with E-state index >= 15 is 0 Å². The zero-order chi connectivity index (χ0) is 6.10. The second-order valence-electron chi connectivity index (χ2n) is 2.15. The van der Waals surface area contributed by atoms with Crippen LogP contribution in [0.1, 0.15) is 0 Å². The molecule has 0 amide bonds. The first-order valence-corrected chi connectivity index (χ1v) is 2.99. The third-order valence-electron chi connectivity index (χ3n) is 1.54. The molecule has 2 aliphatic rings. The second kappa shape index (κ2) is 1.72. The Morgan fingerprint density at radius 2 is 2.22 bits per heavy atom. The molecule has 2 atom stereocenters. The van der Waals surface area contributed by atoms with Crippen molar-refractivity contribution < 1.29 is 0 Å². The Morgan fingerprint density at radius 1 is 1.33 bits per heavy atom. The molecule has 0 radical (unpaired) electrons. The van der Waals surface area contributed by atoms with Crippen LogP contribution in [0, 0.1) is 0 Å². The minimum Gasteiger partial charge on any atom is -0.355 e. The predicted octanol–water partition coefficient (Wildman–Crippen LogP) is -1.06. The predicted molar refractivity (Wildman–Crippen MR) is 35.7 cm³/mol. The second-order valence-corrected chi connectivity index (χ2v) is 2.15. The molecule has 2 unspecified atom stereocenters. The summed E-state index contributed by atoms with van der Waals surface area (Å²) in [6.45, 7) is 0.807. The van der Waals surface area contributed by atoms with E-state index in [1.54, 1.807) is 12.7 Å². The van der Waals surface area contributed by atoms with Gasteiger partial charge in [-0.15, -0.1) is 0 Å². The van der Waals surface area contributed by atoms with Crippen LogP contribution < -0.4 is 10.6 Å². The highest BCUT2D eigenvalue weighted by Crippen LogP contribution is 2.03. The lowest BCUT2D eigenvalue weighted by Gasteiger charge is -2.19. The molecule has 0 aromatic heterocycles. The fourth-order valence-corrected chi connectivity index (χ4v) is 1.02. The number of nitrogens with one attached hydrogen (secondary N) is 2. The van der Waals surface area contributed by atoms with E-state index in [0.29, 0.717) is 12.2 Å². The van der Waals surface area contributed by atoms with Crippen molar-refractivity contribution in [2.24, 2.45) is 9.98 Å². The summed E-state index contributed by atoms with van der Waals surface area (Å²) in [5, 5.41) is 6.12. The first kappa shape index (κ1) is 4.78. The van der Waals surface area contributed by atoms with E-state index in [4.69, 9.17) is 0 Å². The maximum absolute atomic E-state index is 4.15. The van der Waals surface area contributed by atoms with Crippen molar-refractivity contribution in [3.8, 4) is 0 Å². The van der Waals surface area contributed by atoms with Crippen molar-refractivity contribution in [3.05, 3.63) is 0 Å². The molecule has 2 N–H and O–H groups in total. The molecule has 0 saturated carbocycles. The van der Waals surface area contributed by atoms with Gasteiger partial charge < -0.3 is 10.6 Å². The van der Waals surface area contributed by atoms with Gasteiger partial charge in [0.1, 0.15) is 12.2 Å². The highest BCUT2D eigenvalue weighted by atomic mass is 15.3. The summed E-state index contributed by atoms with van der Waals surface area (Å²) in [4.78, 5) is 8.18. The van der Waals surface area contributed by atoms with Crippen molar-refractivity contribution >= 4 is 12.7 Å². The Labute approximate surface area is 53.1 Å². The zero-order valence-electron chi connectivity index (χ0n) is 4.91. The van der Waals surface area contributed by atoms with Crippen LogP contribution in [-0.2, 0) is 0 Å². The van der Waals surface area contributed by atoms with Crippen molar-refractivity contribution in [3.63, 3.8) is 0 Å². The molecule has 4 nitrogen and oxygen atoms in total. The summed E-state index contributed by atoms with van der Waals surface area (Å²) in [6, 6.07) is 0.315. The maximum Gasteiger partial charge on any atom is 0.123 e. The van der Waals surface area contributed by atoms with Gasteiger partial charge in [0.15, 0.2) is 0 Å². The van der Waals surface area contributed by atoms with E-state index in [0.717, 1.165) is 6.54 Å². The largest absolute Gasteiger partial charge is 0.355 e. The van der Waals surface area contributed by atoms with E-state index in [1.165, 1.54) is 0 Å². The van der Waals surface area contributed by atoms with Gasteiger partial charge in [-0.25, -0.2) is 0 Å². The van der Waals surface area contributed by atoms with Gasteiger partial charge in [0.2, 0.25) is 0 Å². The average molecular weight is 124 g/mol. The molecule has 48 valence electrons. The van der Waals surface area contributed by atoms with Gasteiger partial charge in [-0.05, 0) is 0 Å². The van der Waals surface area contributed by atoms with Crippen LogP contribution in [-0.4, -0.2) is 31.4 Å². The summed E-state index contributed by atoms with van der Waals surface area (Å²) in [6.07, 6.45) is 3.75. The number of hydrogen-bond donors (Lipinski definition) is 2. The molecule has 0 aliphatic carbocycles. The quantitative estimate of drug-likeness (QED) is 0.432. The zero-order valence-corrected chi connectivity index (χ0v) is 4.91. The molecule has 9 heavy (non-hydrogen) atoms. The van der Waals surface area contributed by atoms with Crippen molar-refractivity contribution in [1.29, 1.82) is 0 Å². The normalized spacial score (nSPS) is 37.3. The molecule has 2 aliphatic heterocycles. The monoisotopic (exact) mass is 124 g/mol.